The Bertz CT molecular complexity index is 1050. The van der Waals surface area contributed by atoms with Gasteiger partial charge in [-0.15, -0.1) is 0 Å². The van der Waals surface area contributed by atoms with Crippen molar-refractivity contribution in [2.24, 2.45) is 0 Å². The lowest BCUT2D eigenvalue weighted by Crippen LogP contribution is -2.55. The van der Waals surface area contributed by atoms with Crippen LogP contribution in [-0.4, -0.2) is 80.1 Å². The van der Waals surface area contributed by atoms with Crippen LogP contribution in [0.2, 0.25) is 0 Å². The molecule has 1 unspecified atom stereocenters. The van der Waals surface area contributed by atoms with Gasteiger partial charge >= 0.3 is 12.1 Å². The second-order valence-corrected chi connectivity index (χ2v) is 8.76. The number of carboxylic acid groups (broad SMARTS) is 1. The lowest BCUT2D eigenvalue weighted by molar-refractivity contribution is -0.171. The molecule has 2 N–H and O–H groups in total. The number of carbonyl (C=O) groups excluding carboxylic acids is 2. The molecule has 4 rings (SSSR count). The third-order valence-corrected chi connectivity index (χ3v) is 7.00. The summed E-state index contributed by atoms with van der Waals surface area (Å²) in [4.78, 5) is 38.4. The number of ether oxygens (including phenoxy) is 3. The summed E-state index contributed by atoms with van der Waals surface area (Å²) in [6.45, 7) is 0.566. The fourth-order valence-electron chi connectivity index (χ4n) is 4.89. The van der Waals surface area contributed by atoms with E-state index in [0.717, 1.165) is 22.3 Å². The van der Waals surface area contributed by atoms with Gasteiger partial charge in [0.1, 0.15) is 6.61 Å². The number of fused-ring (bicyclic) bond motifs is 3. The highest BCUT2D eigenvalue weighted by atomic mass is 16.5. The van der Waals surface area contributed by atoms with Crippen LogP contribution in [0, 0.1) is 0 Å². The molecule has 35 heavy (non-hydrogen) atoms. The van der Waals surface area contributed by atoms with Gasteiger partial charge in [-0.25, -0.2) is 9.59 Å². The first-order valence-corrected chi connectivity index (χ1v) is 11.6. The third kappa shape index (κ3) is 4.87. The van der Waals surface area contributed by atoms with Crippen molar-refractivity contribution in [2.45, 2.75) is 30.5 Å². The second kappa shape index (κ2) is 10.5. The predicted octanol–water partition coefficient (Wildman–Crippen LogP) is 2.63. The van der Waals surface area contributed by atoms with Crippen LogP contribution in [0.1, 0.15) is 29.9 Å². The highest BCUT2D eigenvalue weighted by Gasteiger charge is 2.43. The fraction of sp³-hybridized carbons (Fsp3) is 0.423. The minimum absolute atomic E-state index is 0.0587. The molecule has 0 radical (unpaired) electrons. The topological polar surface area (TPSA) is 114 Å². The number of nitrogens with one attached hydrogen (secondary N) is 1. The number of hydrogen-bond donors (Lipinski definition) is 2. The molecule has 1 heterocycles. The zero-order valence-corrected chi connectivity index (χ0v) is 19.9. The molecule has 2 aromatic carbocycles. The first-order valence-electron chi connectivity index (χ1n) is 11.6. The van der Waals surface area contributed by atoms with Crippen molar-refractivity contribution in [3.63, 3.8) is 0 Å². The zero-order valence-electron chi connectivity index (χ0n) is 19.9. The Balaban J connectivity index is 1.30. The lowest BCUT2D eigenvalue weighted by Gasteiger charge is -2.38. The van der Waals surface area contributed by atoms with Gasteiger partial charge in [0.15, 0.2) is 11.7 Å². The number of alkyl carbamates (subject to hydrolysis) is 1. The number of amides is 2. The Labute approximate surface area is 204 Å². The number of benzene rings is 2. The van der Waals surface area contributed by atoms with Gasteiger partial charge in [-0.05, 0) is 22.3 Å². The SMILES string of the molecule is COC(CNC(=O)OCC1c2ccccc2-c2ccccc21)C(=O)N1CCC(OC)(C(=O)O)CC1. The van der Waals surface area contributed by atoms with E-state index in [2.05, 4.69) is 17.4 Å². The first kappa shape index (κ1) is 24.7. The van der Waals surface area contributed by atoms with Crippen LogP contribution in [0.25, 0.3) is 11.1 Å². The van der Waals surface area contributed by atoms with Gasteiger partial charge in [0.25, 0.3) is 5.91 Å². The highest BCUT2D eigenvalue weighted by Crippen LogP contribution is 2.44. The molecule has 9 heteroatoms. The van der Waals surface area contributed by atoms with Crippen molar-refractivity contribution in [3.05, 3.63) is 59.7 Å². The molecular weight excluding hydrogens is 452 g/mol. The molecule has 1 saturated heterocycles. The molecule has 186 valence electrons. The van der Waals surface area contributed by atoms with E-state index in [4.69, 9.17) is 14.2 Å². The van der Waals surface area contributed by atoms with Crippen molar-refractivity contribution >= 4 is 18.0 Å². The van der Waals surface area contributed by atoms with Crippen LogP contribution in [0.3, 0.4) is 0 Å². The largest absolute Gasteiger partial charge is 0.479 e. The van der Waals surface area contributed by atoms with E-state index in [0.29, 0.717) is 0 Å². The van der Waals surface area contributed by atoms with Gasteiger partial charge in [-0.1, -0.05) is 48.5 Å². The summed E-state index contributed by atoms with van der Waals surface area (Å²) >= 11 is 0. The summed E-state index contributed by atoms with van der Waals surface area (Å²) in [5, 5.41) is 12.1. The molecule has 1 aliphatic carbocycles. The fourth-order valence-corrected chi connectivity index (χ4v) is 4.89. The Hall–Kier alpha value is -3.43. The van der Waals surface area contributed by atoms with E-state index in [1.807, 2.05) is 36.4 Å². The van der Waals surface area contributed by atoms with E-state index in [1.54, 1.807) is 0 Å². The maximum atomic E-state index is 12.9. The average molecular weight is 483 g/mol. The summed E-state index contributed by atoms with van der Waals surface area (Å²) in [6.07, 6.45) is -1.18. The van der Waals surface area contributed by atoms with Crippen LogP contribution in [0.5, 0.6) is 0 Å². The number of carbonyl (C=O) groups is 3. The number of likely N-dealkylation sites (tertiary alicyclic amines) is 1. The van der Waals surface area contributed by atoms with Crippen LogP contribution < -0.4 is 5.32 Å². The van der Waals surface area contributed by atoms with Gasteiger partial charge in [0.05, 0.1) is 6.54 Å². The molecule has 2 aromatic rings. The van der Waals surface area contributed by atoms with E-state index < -0.39 is 23.8 Å². The van der Waals surface area contributed by atoms with Crippen LogP contribution in [-0.2, 0) is 23.8 Å². The Kier molecular flexibility index (Phi) is 7.37. The molecule has 0 spiro atoms. The summed E-state index contributed by atoms with van der Waals surface area (Å²) in [6, 6.07) is 16.2. The summed E-state index contributed by atoms with van der Waals surface area (Å²) in [5.41, 5.74) is 3.24. The molecule has 1 atom stereocenters. The maximum Gasteiger partial charge on any atom is 0.407 e. The number of carboxylic acids is 1. The molecule has 0 saturated carbocycles. The van der Waals surface area contributed by atoms with E-state index >= 15 is 0 Å². The third-order valence-electron chi connectivity index (χ3n) is 7.00. The zero-order chi connectivity index (χ0) is 25.0. The number of nitrogens with zero attached hydrogens (tertiary/aromatic N) is 1. The number of hydrogen-bond acceptors (Lipinski definition) is 6. The van der Waals surface area contributed by atoms with Gasteiger partial charge in [0, 0.05) is 46.1 Å². The molecule has 2 amide bonds. The van der Waals surface area contributed by atoms with Crippen molar-refractivity contribution in [1.29, 1.82) is 0 Å². The predicted molar refractivity (Wildman–Crippen MR) is 127 cm³/mol. The smallest absolute Gasteiger partial charge is 0.407 e. The maximum absolute atomic E-state index is 12.9. The molecule has 0 aromatic heterocycles. The lowest BCUT2D eigenvalue weighted by atomic mass is 9.91. The molecule has 2 aliphatic rings. The molecule has 0 bridgehead atoms. The van der Waals surface area contributed by atoms with E-state index in [9.17, 15) is 19.5 Å². The minimum Gasteiger partial charge on any atom is -0.479 e. The summed E-state index contributed by atoms with van der Waals surface area (Å²) in [7, 11) is 2.75. The Morgan fingerprint density at radius 2 is 1.60 bits per heavy atom. The molecule has 1 aliphatic heterocycles. The highest BCUT2D eigenvalue weighted by molar-refractivity contribution is 5.83. The van der Waals surface area contributed by atoms with Gasteiger partial charge in [0.2, 0.25) is 0 Å². The van der Waals surface area contributed by atoms with Crippen molar-refractivity contribution < 1.29 is 33.7 Å². The van der Waals surface area contributed by atoms with Crippen LogP contribution in [0.15, 0.2) is 48.5 Å². The number of methoxy groups -OCH3 is 2. The first-order chi connectivity index (χ1) is 16.9. The Morgan fingerprint density at radius 1 is 1.03 bits per heavy atom. The molecule has 1 fully saturated rings. The van der Waals surface area contributed by atoms with Crippen molar-refractivity contribution in [2.75, 3.05) is 40.5 Å². The van der Waals surface area contributed by atoms with Gasteiger partial charge in [-0.2, -0.15) is 0 Å². The standard InChI is InChI=1S/C26H30N2O7/c1-33-22(23(29)28-13-11-26(34-2,12-14-28)24(30)31)15-27-25(32)35-16-21-19-9-5-3-7-17(19)18-8-4-6-10-20(18)21/h3-10,21-22H,11-16H2,1-2H3,(H,27,32)(H,30,31). The molecule has 9 nitrogen and oxygen atoms in total. The van der Waals surface area contributed by atoms with Crippen molar-refractivity contribution in [3.8, 4) is 11.1 Å². The molecular formula is C26H30N2O7. The minimum atomic E-state index is -1.28. The monoisotopic (exact) mass is 482 g/mol. The Morgan fingerprint density at radius 3 is 2.11 bits per heavy atom. The number of rotatable bonds is 8. The summed E-state index contributed by atoms with van der Waals surface area (Å²) < 4.78 is 16.0. The number of piperidine rings is 1. The normalized spacial score (nSPS) is 17.3. The van der Waals surface area contributed by atoms with Crippen LogP contribution in [0.4, 0.5) is 4.79 Å². The van der Waals surface area contributed by atoms with E-state index in [-0.39, 0.29) is 50.9 Å². The van der Waals surface area contributed by atoms with E-state index in [1.165, 1.54) is 19.1 Å². The summed E-state index contributed by atoms with van der Waals surface area (Å²) in [5.74, 6) is -1.41. The van der Waals surface area contributed by atoms with Crippen LogP contribution >= 0.6 is 0 Å². The quantitative estimate of drug-likeness (QED) is 0.594. The van der Waals surface area contributed by atoms with Crippen molar-refractivity contribution in [1.82, 2.24) is 10.2 Å². The second-order valence-electron chi connectivity index (χ2n) is 8.76. The number of aliphatic carboxylic acids is 1. The van der Waals surface area contributed by atoms with Gasteiger partial charge in [-0.3, -0.25) is 4.79 Å². The average Bonchev–Trinajstić information content (AvgIpc) is 3.21. The van der Waals surface area contributed by atoms with Gasteiger partial charge < -0.3 is 29.5 Å².